The Morgan fingerprint density at radius 2 is 1.41 bits per heavy atom. The molecule has 0 bridgehead atoms. The minimum absolute atomic E-state index is 0.589. The molecule has 17 heavy (non-hydrogen) atoms. The molecule has 0 amide bonds. The lowest BCUT2D eigenvalue weighted by Gasteiger charge is -2.13. The van der Waals surface area contributed by atoms with E-state index in [4.69, 9.17) is 14.2 Å². The van der Waals surface area contributed by atoms with Crippen molar-refractivity contribution >= 4 is 0 Å². The molecule has 0 saturated carbocycles. The highest BCUT2D eigenvalue weighted by Crippen LogP contribution is 2.35. The largest absolute Gasteiger partial charge is 0.465 e. The summed E-state index contributed by atoms with van der Waals surface area (Å²) in [5.41, 5.74) is 0.932. The van der Waals surface area contributed by atoms with Crippen LogP contribution < -0.4 is 14.2 Å². The van der Waals surface area contributed by atoms with Crippen molar-refractivity contribution in [1.82, 2.24) is 0 Å². The van der Waals surface area contributed by atoms with E-state index >= 15 is 0 Å². The zero-order chi connectivity index (χ0) is 12.7. The van der Waals surface area contributed by atoms with Crippen molar-refractivity contribution in [3.63, 3.8) is 0 Å². The van der Waals surface area contributed by atoms with Crippen LogP contribution in [0.5, 0.6) is 17.2 Å². The molecule has 0 aliphatic rings. The first kappa shape index (κ1) is 12.9. The van der Waals surface area contributed by atoms with Gasteiger partial charge in [0, 0.05) is 17.7 Å². The highest BCUT2D eigenvalue weighted by molar-refractivity contribution is 5.51. The molecular weight excluding hydrogens is 216 g/mol. The molecule has 3 nitrogen and oxygen atoms in total. The summed E-state index contributed by atoms with van der Waals surface area (Å²) in [6.07, 6.45) is 4.84. The van der Waals surface area contributed by atoms with Crippen LogP contribution in [-0.4, -0.2) is 0 Å². The van der Waals surface area contributed by atoms with Gasteiger partial charge in [0.1, 0.15) is 17.2 Å². The van der Waals surface area contributed by atoms with Gasteiger partial charge in [0.25, 0.3) is 0 Å². The van der Waals surface area contributed by atoms with Gasteiger partial charge in [-0.25, -0.2) is 0 Å². The minimum atomic E-state index is 0.589. The summed E-state index contributed by atoms with van der Waals surface area (Å²) in [6, 6.07) is 3.52. The number of hydrogen-bond acceptors (Lipinski definition) is 3. The van der Waals surface area contributed by atoms with Gasteiger partial charge in [-0.05, 0) is 6.42 Å². The summed E-state index contributed by atoms with van der Waals surface area (Å²) in [5.74, 6) is 1.89. The molecule has 0 aromatic heterocycles. The Morgan fingerprint density at radius 1 is 0.941 bits per heavy atom. The quantitative estimate of drug-likeness (QED) is 0.669. The average Bonchev–Trinajstić information content (AvgIpc) is 2.30. The summed E-state index contributed by atoms with van der Waals surface area (Å²) in [4.78, 5) is 0. The second kappa shape index (κ2) is 6.43. The molecular formula is C14H16O3. The van der Waals surface area contributed by atoms with Crippen LogP contribution in [0.2, 0.25) is 0 Å². The summed E-state index contributed by atoms with van der Waals surface area (Å²) in [6.45, 7) is 12.6. The molecule has 90 valence electrons. The Hall–Kier alpha value is -2.16. The molecule has 0 spiro atoms. The van der Waals surface area contributed by atoms with E-state index in [1.54, 1.807) is 12.1 Å². The first-order valence-electron chi connectivity index (χ1n) is 5.26. The fourth-order valence-corrected chi connectivity index (χ4v) is 1.50. The summed E-state index contributed by atoms with van der Waals surface area (Å²) < 4.78 is 15.9. The zero-order valence-electron chi connectivity index (χ0n) is 9.94. The standard InChI is InChI=1S/C14H16O3/c1-5-12-13(16-7-3)9-11(15-6-2)10-14(12)17-8-4/h6-10H,2-5H2,1H3. The van der Waals surface area contributed by atoms with Gasteiger partial charge in [0.15, 0.2) is 0 Å². The van der Waals surface area contributed by atoms with Crippen molar-refractivity contribution in [3.8, 4) is 17.2 Å². The molecule has 0 atom stereocenters. The fourth-order valence-electron chi connectivity index (χ4n) is 1.50. The predicted octanol–water partition coefficient (Wildman–Crippen LogP) is 3.82. The lowest BCUT2D eigenvalue weighted by Crippen LogP contribution is -1.95. The zero-order valence-corrected chi connectivity index (χ0v) is 9.94. The average molecular weight is 232 g/mol. The molecule has 0 aliphatic carbocycles. The van der Waals surface area contributed by atoms with Crippen LogP contribution in [0.15, 0.2) is 50.7 Å². The van der Waals surface area contributed by atoms with Gasteiger partial charge in [-0.3, -0.25) is 0 Å². The Morgan fingerprint density at radius 3 is 1.76 bits per heavy atom. The second-order valence-corrected chi connectivity index (χ2v) is 3.11. The number of ether oxygens (including phenoxy) is 3. The Bertz CT molecular complexity index is 390. The van der Waals surface area contributed by atoms with E-state index in [0.29, 0.717) is 17.2 Å². The van der Waals surface area contributed by atoms with Gasteiger partial charge in [0.05, 0.1) is 18.8 Å². The van der Waals surface area contributed by atoms with Gasteiger partial charge in [-0.15, -0.1) is 0 Å². The van der Waals surface area contributed by atoms with Crippen molar-refractivity contribution in [3.05, 3.63) is 56.2 Å². The van der Waals surface area contributed by atoms with Gasteiger partial charge in [-0.2, -0.15) is 0 Å². The molecule has 0 heterocycles. The first-order chi connectivity index (χ1) is 8.26. The Labute approximate surface area is 102 Å². The van der Waals surface area contributed by atoms with E-state index in [-0.39, 0.29) is 0 Å². The van der Waals surface area contributed by atoms with Crippen molar-refractivity contribution in [1.29, 1.82) is 0 Å². The van der Waals surface area contributed by atoms with Crippen molar-refractivity contribution < 1.29 is 14.2 Å². The maximum Gasteiger partial charge on any atom is 0.137 e. The van der Waals surface area contributed by atoms with Crippen molar-refractivity contribution in [2.45, 2.75) is 13.3 Å². The Kier molecular flexibility index (Phi) is 4.88. The summed E-state index contributed by atoms with van der Waals surface area (Å²) in [5, 5.41) is 0. The van der Waals surface area contributed by atoms with Gasteiger partial charge < -0.3 is 14.2 Å². The lowest BCUT2D eigenvalue weighted by atomic mass is 10.1. The van der Waals surface area contributed by atoms with E-state index < -0.39 is 0 Å². The molecule has 0 radical (unpaired) electrons. The number of rotatable bonds is 7. The van der Waals surface area contributed by atoms with Crippen LogP contribution in [-0.2, 0) is 6.42 Å². The van der Waals surface area contributed by atoms with E-state index in [1.165, 1.54) is 18.8 Å². The topological polar surface area (TPSA) is 27.7 Å². The summed E-state index contributed by atoms with van der Waals surface area (Å²) >= 11 is 0. The molecule has 1 aromatic rings. The van der Waals surface area contributed by atoms with Crippen LogP contribution in [0.25, 0.3) is 0 Å². The third kappa shape index (κ3) is 3.14. The molecule has 1 rings (SSSR count). The minimum Gasteiger partial charge on any atom is -0.465 e. The van der Waals surface area contributed by atoms with Crippen LogP contribution in [0.3, 0.4) is 0 Å². The van der Waals surface area contributed by atoms with E-state index in [2.05, 4.69) is 19.7 Å². The highest BCUT2D eigenvalue weighted by atomic mass is 16.5. The van der Waals surface area contributed by atoms with Crippen LogP contribution in [0.4, 0.5) is 0 Å². The SMILES string of the molecule is C=COc1cc(OC=C)c(CC)c(OC=C)c1. The second-order valence-electron chi connectivity index (χ2n) is 3.11. The molecule has 0 unspecified atom stereocenters. The maximum atomic E-state index is 5.34. The van der Waals surface area contributed by atoms with Crippen LogP contribution in [0.1, 0.15) is 12.5 Å². The smallest absolute Gasteiger partial charge is 0.137 e. The fraction of sp³-hybridized carbons (Fsp3) is 0.143. The van der Waals surface area contributed by atoms with Crippen LogP contribution in [0, 0.1) is 0 Å². The number of benzene rings is 1. The molecule has 3 heteroatoms. The third-order valence-corrected chi connectivity index (χ3v) is 2.14. The normalized spacial score (nSPS) is 9.24. The van der Waals surface area contributed by atoms with Gasteiger partial charge >= 0.3 is 0 Å². The van der Waals surface area contributed by atoms with Crippen molar-refractivity contribution in [2.75, 3.05) is 0 Å². The van der Waals surface area contributed by atoms with E-state index in [9.17, 15) is 0 Å². The van der Waals surface area contributed by atoms with Gasteiger partial charge in [0.2, 0.25) is 0 Å². The maximum absolute atomic E-state index is 5.34. The molecule has 1 aromatic carbocycles. The van der Waals surface area contributed by atoms with E-state index in [0.717, 1.165) is 12.0 Å². The predicted molar refractivity (Wildman–Crippen MR) is 68.3 cm³/mol. The molecule has 0 fully saturated rings. The van der Waals surface area contributed by atoms with Gasteiger partial charge in [-0.1, -0.05) is 26.7 Å². The third-order valence-electron chi connectivity index (χ3n) is 2.14. The monoisotopic (exact) mass is 232 g/mol. The molecule has 0 aliphatic heterocycles. The lowest BCUT2D eigenvalue weighted by molar-refractivity contribution is 0.432. The van der Waals surface area contributed by atoms with Crippen molar-refractivity contribution in [2.24, 2.45) is 0 Å². The molecule has 0 saturated heterocycles. The summed E-state index contributed by atoms with van der Waals surface area (Å²) in [7, 11) is 0. The Balaban J connectivity index is 3.27. The number of hydrogen-bond donors (Lipinski definition) is 0. The van der Waals surface area contributed by atoms with E-state index in [1.807, 2.05) is 6.92 Å². The molecule has 0 N–H and O–H groups in total. The highest BCUT2D eigenvalue weighted by Gasteiger charge is 2.11. The van der Waals surface area contributed by atoms with Crippen LogP contribution >= 0.6 is 0 Å². The first-order valence-corrected chi connectivity index (χ1v) is 5.26.